The van der Waals surface area contributed by atoms with Crippen molar-refractivity contribution < 1.29 is 4.79 Å². The molecule has 0 atom stereocenters. The highest BCUT2D eigenvalue weighted by atomic mass is 32.2. The Bertz CT molecular complexity index is 1040. The van der Waals surface area contributed by atoms with Crippen LogP contribution in [0.3, 0.4) is 0 Å². The van der Waals surface area contributed by atoms with Gasteiger partial charge in [0.1, 0.15) is 12.9 Å². The van der Waals surface area contributed by atoms with Crippen LogP contribution in [0.1, 0.15) is 0 Å². The summed E-state index contributed by atoms with van der Waals surface area (Å²) in [5.74, 6) is -0.201. The zero-order valence-electron chi connectivity index (χ0n) is 12.6. The summed E-state index contributed by atoms with van der Waals surface area (Å²) in [6.45, 7) is 0.0617. The fourth-order valence-electron chi connectivity index (χ4n) is 2.29. The second-order valence-electron chi connectivity index (χ2n) is 4.96. The minimum atomic E-state index is -0.201. The number of amides is 1. The summed E-state index contributed by atoms with van der Waals surface area (Å²) >= 11 is 1.44. The number of hydrogen-bond acceptors (Lipinski definition) is 7. The van der Waals surface area contributed by atoms with Crippen LogP contribution in [-0.4, -0.2) is 46.5 Å². The number of fused-ring (bicyclic) bond motifs is 2. The Labute approximate surface area is 140 Å². The molecule has 0 fully saturated rings. The summed E-state index contributed by atoms with van der Waals surface area (Å²) in [6.07, 6.45) is 8.44. The summed E-state index contributed by atoms with van der Waals surface area (Å²) in [4.78, 5) is 25.0. The van der Waals surface area contributed by atoms with Crippen molar-refractivity contribution >= 4 is 40.0 Å². The van der Waals surface area contributed by atoms with Crippen LogP contribution in [0.2, 0.25) is 0 Å². The van der Waals surface area contributed by atoms with E-state index in [-0.39, 0.29) is 12.5 Å². The largest absolute Gasteiger partial charge is 0.324 e. The summed E-state index contributed by atoms with van der Waals surface area (Å²) in [5.41, 5.74) is 1.95. The Morgan fingerprint density at radius 2 is 2.21 bits per heavy atom. The number of thioether (sulfide) groups is 1. The van der Waals surface area contributed by atoms with Crippen molar-refractivity contribution in [3.8, 4) is 0 Å². The maximum absolute atomic E-state index is 12.3. The average molecular weight is 340 g/mol. The van der Waals surface area contributed by atoms with Crippen LogP contribution in [0.25, 0.3) is 16.7 Å². The number of carbonyl (C=O) groups excluding carboxylic acids is 1. The van der Waals surface area contributed by atoms with Crippen molar-refractivity contribution in [3.63, 3.8) is 0 Å². The molecule has 1 amide bonds. The minimum absolute atomic E-state index is 0.0617. The van der Waals surface area contributed by atoms with E-state index in [1.807, 2.05) is 6.26 Å². The van der Waals surface area contributed by atoms with E-state index in [9.17, 15) is 4.79 Å². The number of hydrogen-bond donors (Lipinski definition) is 1. The van der Waals surface area contributed by atoms with Gasteiger partial charge in [0.25, 0.3) is 0 Å². The predicted molar refractivity (Wildman–Crippen MR) is 88.7 cm³/mol. The van der Waals surface area contributed by atoms with Crippen LogP contribution in [-0.2, 0) is 11.3 Å². The van der Waals surface area contributed by atoms with Gasteiger partial charge in [0.05, 0.1) is 11.6 Å². The fraction of sp³-hybridized carbons (Fsp3) is 0.143. The smallest absolute Gasteiger partial charge is 0.246 e. The minimum Gasteiger partial charge on any atom is -0.324 e. The number of pyridine rings is 1. The predicted octanol–water partition coefficient (Wildman–Crippen LogP) is 1.23. The van der Waals surface area contributed by atoms with E-state index in [1.165, 1.54) is 18.1 Å². The molecular formula is C14H12N8OS. The topological polar surface area (TPSA) is 103 Å². The van der Waals surface area contributed by atoms with Gasteiger partial charge in [-0.1, -0.05) is 11.8 Å². The number of nitrogens with one attached hydrogen (secondary N) is 1. The maximum Gasteiger partial charge on any atom is 0.246 e. The van der Waals surface area contributed by atoms with E-state index in [0.29, 0.717) is 22.1 Å². The molecule has 0 aliphatic carbocycles. The molecule has 0 aliphatic rings. The fourth-order valence-corrected chi connectivity index (χ4v) is 2.63. The Hall–Kier alpha value is -3.01. The third-order valence-electron chi connectivity index (χ3n) is 3.39. The molecule has 0 aliphatic heterocycles. The lowest BCUT2D eigenvalue weighted by atomic mass is 10.4. The summed E-state index contributed by atoms with van der Waals surface area (Å²) in [6, 6.07) is 3.51. The molecule has 4 rings (SSSR count). The van der Waals surface area contributed by atoms with Crippen molar-refractivity contribution in [2.24, 2.45) is 0 Å². The second-order valence-corrected chi connectivity index (χ2v) is 5.74. The van der Waals surface area contributed by atoms with Gasteiger partial charge in [0.15, 0.2) is 16.5 Å². The van der Waals surface area contributed by atoms with Crippen molar-refractivity contribution in [1.82, 2.24) is 34.3 Å². The van der Waals surface area contributed by atoms with Gasteiger partial charge in [-0.25, -0.2) is 24.1 Å². The number of carbonyl (C=O) groups is 1. The van der Waals surface area contributed by atoms with E-state index in [2.05, 4.69) is 30.5 Å². The molecule has 0 saturated carbocycles. The highest BCUT2D eigenvalue weighted by molar-refractivity contribution is 7.98. The van der Waals surface area contributed by atoms with Gasteiger partial charge in [0, 0.05) is 24.1 Å². The molecule has 0 aromatic carbocycles. The standard InChI is InChI=1S/C14H12N8OS/c1-24-14-15-5-9-6-17-22(13(9)20-14)7-12(23)19-10-2-3-21-11(4-10)16-8-18-21/h2-6,8H,7H2,1H3,(H,19,23). The van der Waals surface area contributed by atoms with Crippen LogP contribution in [0.15, 0.2) is 42.2 Å². The second kappa shape index (κ2) is 5.89. The van der Waals surface area contributed by atoms with Gasteiger partial charge >= 0.3 is 0 Å². The SMILES string of the molecule is CSc1ncc2cnn(CC(=O)Nc3ccn4ncnc4c3)c2n1. The lowest BCUT2D eigenvalue weighted by Gasteiger charge is -2.06. The first-order valence-corrected chi connectivity index (χ1v) is 8.27. The summed E-state index contributed by atoms with van der Waals surface area (Å²) in [5, 5.41) is 12.5. The van der Waals surface area contributed by atoms with Crippen LogP contribution in [0.4, 0.5) is 5.69 Å². The molecule has 0 saturated heterocycles. The monoisotopic (exact) mass is 340 g/mol. The van der Waals surface area contributed by atoms with E-state index >= 15 is 0 Å². The van der Waals surface area contributed by atoms with Gasteiger partial charge < -0.3 is 5.32 Å². The van der Waals surface area contributed by atoms with Crippen LogP contribution >= 0.6 is 11.8 Å². The molecular weight excluding hydrogens is 328 g/mol. The molecule has 4 heterocycles. The summed E-state index contributed by atoms with van der Waals surface area (Å²) < 4.78 is 3.18. The first-order chi connectivity index (χ1) is 11.7. The zero-order valence-corrected chi connectivity index (χ0v) is 13.4. The van der Waals surface area contributed by atoms with Crippen molar-refractivity contribution in [2.75, 3.05) is 11.6 Å². The molecule has 4 aromatic heterocycles. The molecule has 0 radical (unpaired) electrons. The molecule has 0 unspecified atom stereocenters. The van der Waals surface area contributed by atoms with E-state index in [4.69, 9.17) is 0 Å². The first-order valence-electron chi connectivity index (χ1n) is 7.05. The van der Waals surface area contributed by atoms with Crippen LogP contribution in [0.5, 0.6) is 0 Å². The summed E-state index contributed by atoms with van der Waals surface area (Å²) in [7, 11) is 0. The molecule has 10 heteroatoms. The lowest BCUT2D eigenvalue weighted by Crippen LogP contribution is -2.19. The number of aromatic nitrogens is 7. The molecule has 120 valence electrons. The normalized spacial score (nSPS) is 11.2. The van der Waals surface area contributed by atoms with E-state index in [1.54, 1.807) is 39.9 Å². The molecule has 1 N–H and O–H groups in total. The zero-order chi connectivity index (χ0) is 16.5. The Morgan fingerprint density at radius 3 is 3.08 bits per heavy atom. The van der Waals surface area contributed by atoms with Gasteiger partial charge in [-0.2, -0.15) is 10.2 Å². The molecule has 9 nitrogen and oxygen atoms in total. The van der Waals surface area contributed by atoms with Gasteiger partial charge in [-0.3, -0.25) is 4.79 Å². The van der Waals surface area contributed by atoms with E-state index in [0.717, 1.165) is 5.39 Å². The molecule has 24 heavy (non-hydrogen) atoms. The van der Waals surface area contributed by atoms with Gasteiger partial charge in [-0.05, 0) is 12.3 Å². The quantitative estimate of drug-likeness (QED) is 0.440. The van der Waals surface area contributed by atoms with Gasteiger partial charge in [-0.15, -0.1) is 0 Å². The highest BCUT2D eigenvalue weighted by Gasteiger charge is 2.11. The maximum atomic E-state index is 12.3. The Balaban J connectivity index is 1.55. The molecule has 4 aromatic rings. The van der Waals surface area contributed by atoms with Crippen LogP contribution < -0.4 is 5.32 Å². The van der Waals surface area contributed by atoms with Crippen molar-refractivity contribution in [3.05, 3.63) is 37.1 Å². The third kappa shape index (κ3) is 2.67. The highest BCUT2D eigenvalue weighted by Crippen LogP contribution is 2.15. The Morgan fingerprint density at radius 1 is 1.29 bits per heavy atom. The third-order valence-corrected chi connectivity index (χ3v) is 3.96. The average Bonchev–Trinajstić information content (AvgIpc) is 3.21. The van der Waals surface area contributed by atoms with Crippen molar-refractivity contribution in [2.45, 2.75) is 11.7 Å². The lowest BCUT2D eigenvalue weighted by molar-refractivity contribution is -0.116. The van der Waals surface area contributed by atoms with Gasteiger partial charge in [0.2, 0.25) is 5.91 Å². The first kappa shape index (κ1) is 14.6. The number of nitrogens with zero attached hydrogens (tertiary/aromatic N) is 7. The number of rotatable bonds is 4. The van der Waals surface area contributed by atoms with E-state index < -0.39 is 0 Å². The molecule has 0 spiro atoms. The number of anilines is 1. The molecule has 0 bridgehead atoms. The Kier molecular flexibility index (Phi) is 3.58. The van der Waals surface area contributed by atoms with Crippen molar-refractivity contribution in [1.29, 1.82) is 0 Å². The van der Waals surface area contributed by atoms with Crippen LogP contribution in [0, 0.1) is 0 Å².